The number of rotatable bonds is 0. The van der Waals surface area contributed by atoms with E-state index in [1.807, 2.05) is 11.8 Å². The molecule has 0 fully saturated rings. The monoisotopic (exact) mass is 114 g/mol. The average Bonchev–Trinajstić information content (AvgIpc) is 1.91. The molecule has 7 heavy (non-hydrogen) atoms. The van der Waals surface area contributed by atoms with E-state index in [9.17, 15) is 0 Å². The molecule has 1 unspecified atom stereocenters. The Morgan fingerprint density at radius 2 is 2.57 bits per heavy atom. The van der Waals surface area contributed by atoms with Crippen LogP contribution in [0.2, 0.25) is 0 Å². The van der Waals surface area contributed by atoms with Crippen molar-refractivity contribution in [3.05, 3.63) is 11.0 Å². The van der Waals surface area contributed by atoms with Crippen LogP contribution in [0.4, 0.5) is 0 Å². The van der Waals surface area contributed by atoms with E-state index in [1.165, 1.54) is 5.75 Å². The van der Waals surface area contributed by atoms with Gasteiger partial charge in [-0.1, -0.05) is 12.5 Å². The minimum absolute atomic E-state index is 0.838. The van der Waals surface area contributed by atoms with Crippen molar-refractivity contribution in [3.63, 3.8) is 0 Å². The van der Waals surface area contributed by atoms with Gasteiger partial charge in [-0.3, -0.25) is 0 Å². The van der Waals surface area contributed by atoms with E-state index in [0.717, 1.165) is 5.92 Å². The van der Waals surface area contributed by atoms with Gasteiger partial charge >= 0.3 is 0 Å². The van der Waals surface area contributed by atoms with Crippen LogP contribution in [-0.4, -0.2) is 5.75 Å². The highest BCUT2D eigenvalue weighted by molar-refractivity contribution is 8.02. The van der Waals surface area contributed by atoms with Crippen LogP contribution in [0.5, 0.6) is 0 Å². The van der Waals surface area contributed by atoms with Crippen molar-refractivity contribution in [2.24, 2.45) is 5.92 Å². The van der Waals surface area contributed by atoms with Crippen LogP contribution in [0, 0.1) is 5.92 Å². The molecule has 0 N–H and O–H groups in total. The van der Waals surface area contributed by atoms with Crippen LogP contribution in [-0.2, 0) is 0 Å². The van der Waals surface area contributed by atoms with E-state index in [-0.39, 0.29) is 0 Å². The molecule has 40 valence electrons. The molecule has 1 aliphatic heterocycles. The first-order chi connectivity index (χ1) is 3.30. The molecule has 1 aliphatic rings. The lowest BCUT2D eigenvalue weighted by atomic mass is 10.1. The second-order valence-electron chi connectivity index (χ2n) is 2.10. The Kier molecular flexibility index (Phi) is 1.43. The van der Waals surface area contributed by atoms with Crippen molar-refractivity contribution >= 4 is 11.8 Å². The lowest BCUT2D eigenvalue weighted by Gasteiger charge is -1.97. The predicted molar refractivity (Wildman–Crippen MR) is 35.4 cm³/mol. The molecule has 1 rings (SSSR count). The molecule has 0 saturated heterocycles. The summed E-state index contributed by atoms with van der Waals surface area (Å²) in [7, 11) is 0. The summed E-state index contributed by atoms with van der Waals surface area (Å²) in [6, 6.07) is 0. The molecular weight excluding hydrogens is 104 g/mol. The van der Waals surface area contributed by atoms with E-state index in [1.54, 1.807) is 5.57 Å². The number of thioether (sulfide) groups is 1. The summed E-state index contributed by atoms with van der Waals surface area (Å²) in [6.45, 7) is 4.47. The summed E-state index contributed by atoms with van der Waals surface area (Å²) >= 11 is 1.93. The molecule has 0 saturated carbocycles. The van der Waals surface area contributed by atoms with Crippen molar-refractivity contribution in [2.45, 2.75) is 13.8 Å². The molecular formula is C6H10S. The fourth-order valence-corrected chi connectivity index (χ4v) is 1.71. The third-order valence-corrected chi connectivity index (χ3v) is 2.62. The average molecular weight is 114 g/mol. The molecule has 1 atom stereocenters. The van der Waals surface area contributed by atoms with Gasteiger partial charge < -0.3 is 0 Å². The van der Waals surface area contributed by atoms with E-state index < -0.39 is 0 Å². The summed E-state index contributed by atoms with van der Waals surface area (Å²) in [5, 5.41) is 2.25. The molecule has 1 heteroatoms. The lowest BCUT2D eigenvalue weighted by molar-refractivity contribution is 0.798. The Hall–Kier alpha value is 0.0900. The number of allylic oxidation sites excluding steroid dienone is 1. The van der Waals surface area contributed by atoms with E-state index in [4.69, 9.17) is 0 Å². The molecule has 0 spiro atoms. The first-order valence-electron chi connectivity index (χ1n) is 2.59. The van der Waals surface area contributed by atoms with Gasteiger partial charge in [0.25, 0.3) is 0 Å². The van der Waals surface area contributed by atoms with Crippen LogP contribution in [0.3, 0.4) is 0 Å². The Labute approximate surface area is 49.0 Å². The molecule has 0 aliphatic carbocycles. The molecule has 1 heterocycles. The number of hydrogen-bond acceptors (Lipinski definition) is 1. The smallest absolute Gasteiger partial charge is 0.00373 e. The standard InChI is InChI=1S/C6H10S/c1-5-3-7-4-6(5)2/h3,6H,4H2,1-2H3. The zero-order valence-corrected chi connectivity index (χ0v) is 5.59. The van der Waals surface area contributed by atoms with Crippen molar-refractivity contribution in [2.75, 3.05) is 5.75 Å². The topological polar surface area (TPSA) is 0 Å². The SMILES string of the molecule is CC1=CSCC1C. The van der Waals surface area contributed by atoms with Gasteiger partial charge in [-0.15, -0.1) is 11.8 Å². The maximum Gasteiger partial charge on any atom is 0.00373 e. The van der Waals surface area contributed by atoms with Gasteiger partial charge in [-0.2, -0.15) is 0 Å². The summed E-state index contributed by atoms with van der Waals surface area (Å²) in [5.41, 5.74) is 1.55. The van der Waals surface area contributed by atoms with Crippen LogP contribution < -0.4 is 0 Å². The van der Waals surface area contributed by atoms with Gasteiger partial charge in [0.2, 0.25) is 0 Å². The van der Waals surface area contributed by atoms with Crippen LogP contribution in [0.15, 0.2) is 11.0 Å². The van der Waals surface area contributed by atoms with Crippen LogP contribution in [0.1, 0.15) is 13.8 Å². The Bertz CT molecular complexity index is 94.4. The highest BCUT2D eigenvalue weighted by Gasteiger charge is 2.08. The lowest BCUT2D eigenvalue weighted by Crippen LogP contribution is -1.90. The normalized spacial score (nSPS) is 30.6. The Morgan fingerprint density at radius 3 is 2.71 bits per heavy atom. The third-order valence-electron chi connectivity index (χ3n) is 1.39. The Balaban J connectivity index is 2.54. The van der Waals surface area contributed by atoms with Crippen LogP contribution in [0.25, 0.3) is 0 Å². The fourth-order valence-electron chi connectivity index (χ4n) is 0.571. The maximum atomic E-state index is 2.27. The fraction of sp³-hybridized carbons (Fsp3) is 0.667. The van der Waals surface area contributed by atoms with Crippen molar-refractivity contribution in [1.29, 1.82) is 0 Å². The maximum absolute atomic E-state index is 2.27. The molecule has 0 amide bonds. The van der Waals surface area contributed by atoms with Gasteiger partial charge in [-0.25, -0.2) is 0 Å². The van der Waals surface area contributed by atoms with Crippen molar-refractivity contribution in [3.8, 4) is 0 Å². The molecule has 0 aromatic rings. The first kappa shape index (κ1) is 5.23. The van der Waals surface area contributed by atoms with Crippen molar-refractivity contribution in [1.82, 2.24) is 0 Å². The first-order valence-corrected chi connectivity index (χ1v) is 3.64. The summed E-state index contributed by atoms with van der Waals surface area (Å²) in [4.78, 5) is 0. The number of hydrogen-bond donors (Lipinski definition) is 0. The van der Waals surface area contributed by atoms with Gasteiger partial charge in [0.1, 0.15) is 0 Å². The van der Waals surface area contributed by atoms with E-state index in [2.05, 4.69) is 19.3 Å². The molecule has 0 aromatic heterocycles. The summed E-state index contributed by atoms with van der Waals surface area (Å²) in [5.74, 6) is 2.14. The van der Waals surface area contributed by atoms with Gasteiger partial charge in [0, 0.05) is 5.75 Å². The molecule has 0 radical (unpaired) electrons. The van der Waals surface area contributed by atoms with Gasteiger partial charge in [0.05, 0.1) is 0 Å². The molecule has 0 aromatic carbocycles. The second-order valence-corrected chi connectivity index (χ2v) is 3.00. The minimum atomic E-state index is 0.838. The van der Waals surface area contributed by atoms with Crippen LogP contribution >= 0.6 is 11.8 Å². The zero-order chi connectivity index (χ0) is 5.28. The van der Waals surface area contributed by atoms with E-state index in [0.29, 0.717) is 0 Å². The minimum Gasteiger partial charge on any atom is -0.134 e. The quantitative estimate of drug-likeness (QED) is 0.465. The summed E-state index contributed by atoms with van der Waals surface area (Å²) < 4.78 is 0. The van der Waals surface area contributed by atoms with E-state index >= 15 is 0 Å². The highest BCUT2D eigenvalue weighted by atomic mass is 32.2. The van der Waals surface area contributed by atoms with Gasteiger partial charge in [0.15, 0.2) is 0 Å². The largest absolute Gasteiger partial charge is 0.134 e. The predicted octanol–water partition coefficient (Wildman–Crippen LogP) is 2.27. The Morgan fingerprint density at radius 1 is 1.86 bits per heavy atom. The second kappa shape index (κ2) is 1.91. The molecule has 0 bridgehead atoms. The third kappa shape index (κ3) is 1.00. The van der Waals surface area contributed by atoms with Gasteiger partial charge in [-0.05, 0) is 18.2 Å². The zero-order valence-electron chi connectivity index (χ0n) is 4.77. The summed E-state index contributed by atoms with van der Waals surface area (Å²) in [6.07, 6.45) is 0. The van der Waals surface area contributed by atoms with Crippen molar-refractivity contribution < 1.29 is 0 Å². The molecule has 0 nitrogen and oxygen atoms in total. The highest BCUT2D eigenvalue weighted by Crippen LogP contribution is 2.26.